The third-order valence-electron chi connectivity index (χ3n) is 26.2. The number of nitrogens with two attached hydrogens (primary N) is 3. The number of nitrogens with zero attached hydrogens (tertiary/aromatic N) is 4. The molecule has 0 saturated heterocycles. The normalized spacial score (nSPS) is 33.9. The van der Waals surface area contributed by atoms with Crippen molar-refractivity contribution in [3.05, 3.63) is 23.3 Å². The number of hydrogen-bond donors (Lipinski definition) is 6. The molecule has 0 bridgehead atoms. The number of aliphatic imine (C=N–C) groups is 2. The van der Waals surface area contributed by atoms with E-state index >= 15 is 0 Å². The van der Waals surface area contributed by atoms with E-state index in [-0.39, 0.29) is 41.2 Å². The van der Waals surface area contributed by atoms with Crippen molar-refractivity contribution in [3.8, 4) is 0 Å². The van der Waals surface area contributed by atoms with Gasteiger partial charge in [0.25, 0.3) is 0 Å². The van der Waals surface area contributed by atoms with Crippen LogP contribution in [0.1, 0.15) is 249 Å². The van der Waals surface area contributed by atoms with Gasteiger partial charge in [0.1, 0.15) is 12.2 Å². The molecule has 0 aromatic carbocycles. The van der Waals surface area contributed by atoms with E-state index in [9.17, 15) is 9.59 Å². The lowest BCUT2D eigenvalue weighted by Crippen LogP contribution is -2.51. The topological polar surface area (TPSA) is 198 Å². The summed E-state index contributed by atoms with van der Waals surface area (Å²) in [5.41, 5.74) is 21.7. The van der Waals surface area contributed by atoms with Crippen molar-refractivity contribution in [2.24, 2.45) is 120 Å². The van der Waals surface area contributed by atoms with Gasteiger partial charge in [-0.25, -0.2) is 9.59 Å². The van der Waals surface area contributed by atoms with Crippen molar-refractivity contribution in [3.63, 3.8) is 0 Å². The lowest BCUT2D eigenvalue weighted by molar-refractivity contribution is -0.0581. The van der Waals surface area contributed by atoms with Gasteiger partial charge in [-0.1, -0.05) is 131 Å². The van der Waals surface area contributed by atoms with Crippen LogP contribution >= 0.6 is 0 Å². The van der Waals surface area contributed by atoms with Crippen molar-refractivity contribution in [2.45, 2.75) is 261 Å². The number of amides is 2. The number of guanidine groups is 2. The Balaban J connectivity index is 0.790. The smallest absolute Gasteiger partial charge is 0.407 e. The summed E-state index contributed by atoms with van der Waals surface area (Å²) >= 11 is 0. The number of alkyl carbamates (subject to hydrolysis) is 2. The molecule has 0 radical (unpaired) electrons. The van der Waals surface area contributed by atoms with Gasteiger partial charge in [0.05, 0.1) is 0 Å². The number of carbonyl (C=O) groups is 2. The molecule has 16 unspecified atom stereocenters. The lowest BCUT2D eigenvalue weighted by Gasteiger charge is -2.58. The Morgan fingerprint density at radius 3 is 1.36 bits per heavy atom. The molecule has 8 aliphatic rings. The van der Waals surface area contributed by atoms with Gasteiger partial charge in [-0.15, -0.1) is 0 Å². The third-order valence-corrected chi connectivity index (χ3v) is 26.2. The largest absolute Gasteiger partial charge is 0.446 e. The van der Waals surface area contributed by atoms with Gasteiger partial charge in [0.2, 0.25) is 0 Å². The Morgan fingerprint density at radius 2 is 0.944 bits per heavy atom. The van der Waals surface area contributed by atoms with E-state index < -0.39 is 0 Å². The summed E-state index contributed by atoms with van der Waals surface area (Å²) in [6.07, 6.45) is 37.8. The minimum atomic E-state index is -0.280. The van der Waals surface area contributed by atoms with Crippen LogP contribution in [0.5, 0.6) is 0 Å². The fourth-order valence-corrected chi connectivity index (χ4v) is 21.3. The van der Waals surface area contributed by atoms with E-state index in [0.29, 0.717) is 36.4 Å². The first kappa shape index (κ1) is 71.3. The van der Waals surface area contributed by atoms with E-state index in [2.05, 4.69) is 117 Å². The van der Waals surface area contributed by atoms with E-state index in [1.165, 1.54) is 103 Å². The van der Waals surface area contributed by atoms with Crippen molar-refractivity contribution < 1.29 is 19.1 Å². The summed E-state index contributed by atoms with van der Waals surface area (Å²) in [4.78, 5) is 40.3. The van der Waals surface area contributed by atoms with Crippen LogP contribution in [0.2, 0.25) is 0 Å². The summed E-state index contributed by atoms with van der Waals surface area (Å²) in [5.74, 6) is 10.4. The average Bonchev–Trinajstić information content (AvgIpc) is 1.72. The summed E-state index contributed by atoms with van der Waals surface area (Å²) in [5, 5.41) is 9.52. The molecule has 0 aliphatic heterocycles. The summed E-state index contributed by atoms with van der Waals surface area (Å²) in [6.45, 7) is 33.2. The monoisotopic (exact) mass is 1240 g/mol. The number of carbonyl (C=O) groups excluding carboxylic acids is 2. The predicted molar refractivity (Wildman–Crippen MR) is 369 cm³/mol. The number of ether oxygens (including phenoxy) is 2. The Labute approximate surface area is 543 Å². The van der Waals surface area contributed by atoms with Crippen LogP contribution in [0, 0.1) is 92.7 Å². The van der Waals surface area contributed by atoms with Crippen LogP contribution in [0.4, 0.5) is 9.59 Å². The second kappa shape index (κ2) is 33.0. The van der Waals surface area contributed by atoms with Gasteiger partial charge in [0.15, 0.2) is 11.9 Å². The molecule has 6 fully saturated rings. The van der Waals surface area contributed by atoms with Crippen molar-refractivity contribution in [1.82, 2.24) is 25.8 Å². The highest BCUT2D eigenvalue weighted by molar-refractivity contribution is 5.77. The Morgan fingerprint density at radius 1 is 0.528 bits per heavy atom. The number of fused-ring (bicyclic) bond motifs is 10. The summed E-state index contributed by atoms with van der Waals surface area (Å²) in [6, 6.07) is 0. The zero-order valence-electron chi connectivity index (χ0n) is 58.8. The zero-order chi connectivity index (χ0) is 63.9. The average molecular weight is 1240 g/mol. The molecular weight excluding hydrogens is 1100 g/mol. The molecule has 14 nitrogen and oxygen atoms in total. The molecule has 14 heteroatoms. The molecule has 16 atom stereocenters. The molecule has 8 aliphatic carbocycles. The third kappa shape index (κ3) is 18.2. The first-order chi connectivity index (χ1) is 42.6. The molecule has 6 saturated carbocycles. The van der Waals surface area contributed by atoms with Crippen LogP contribution in [0.15, 0.2) is 33.3 Å². The summed E-state index contributed by atoms with van der Waals surface area (Å²) < 4.78 is 12.5. The number of hydrogen-bond acceptors (Lipinski definition) is 8. The van der Waals surface area contributed by atoms with Gasteiger partial charge in [-0.05, 0) is 260 Å². The maximum absolute atomic E-state index is 13.5. The number of unbranched alkanes of at least 4 members (excludes halogenated alkanes) is 1. The maximum atomic E-state index is 13.5. The second-order valence-electron chi connectivity index (χ2n) is 32.6. The van der Waals surface area contributed by atoms with Gasteiger partial charge in [-0.2, -0.15) is 0 Å². The molecule has 508 valence electrons. The standard InChI is InChI=1S/C75H134N10O4/c1-52(2)20-14-22-54(5)62-28-30-64-60-26-24-56-50-58(32-36-72(56,7)66(60)34-38-74(62,64)9)88-70(86)82-42-18-48-85(45-13-12-44-84(46-16-40-80-68(76)77)47-17-41-81-69(78)79-11)49-19-43-83-71(87)89-59-33-37-73(8)57(51-59)25-27-61-65-31-29-63(55(6)23-15-21-53(3)4)75(65,10)39-35-67(61)73/h24-25,52-55,58-67H,12-23,26-51H2,1-11H3,(H,82,86)(H,83,87)(H4,76,77,80)(H3,78,79,81). The van der Waals surface area contributed by atoms with Gasteiger partial charge >= 0.3 is 12.2 Å². The zero-order valence-corrected chi connectivity index (χ0v) is 58.8. The molecule has 8 rings (SSSR count). The molecular formula is C75H134N10O4. The molecule has 0 aromatic rings. The van der Waals surface area contributed by atoms with Crippen molar-refractivity contribution in [2.75, 3.05) is 72.5 Å². The van der Waals surface area contributed by atoms with Crippen LogP contribution in [-0.2, 0) is 9.47 Å². The Bertz CT molecular complexity index is 2230. The summed E-state index contributed by atoms with van der Waals surface area (Å²) in [7, 11) is 1.70. The minimum Gasteiger partial charge on any atom is -0.446 e. The molecule has 89 heavy (non-hydrogen) atoms. The number of allylic oxidation sites excluding steroid dienone is 2. The fraction of sp³-hybridized carbons (Fsp3) is 0.893. The van der Waals surface area contributed by atoms with Crippen LogP contribution in [0.25, 0.3) is 0 Å². The van der Waals surface area contributed by atoms with Gasteiger partial charge in [-0.3, -0.25) is 9.98 Å². The highest BCUT2D eigenvalue weighted by Crippen LogP contribution is 2.69. The maximum Gasteiger partial charge on any atom is 0.407 e. The number of rotatable bonds is 33. The first-order valence-electron chi connectivity index (χ1n) is 37.3. The first-order valence-corrected chi connectivity index (χ1v) is 37.3. The molecule has 9 N–H and O–H groups in total. The highest BCUT2D eigenvalue weighted by Gasteiger charge is 2.61. The van der Waals surface area contributed by atoms with E-state index in [1.54, 1.807) is 18.2 Å². The molecule has 0 heterocycles. The van der Waals surface area contributed by atoms with E-state index in [4.69, 9.17) is 26.7 Å². The predicted octanol–water partition coefficient (Wildman–Crippen LogP) is 15.0. The van der Waals surface area contributed by atoms with Crippen LogP contribution < -0.4 is 33.2 Å². The molecule has 0 spiro atoms. The molecule has 0 aromatic heterocycles. The minimum absolute atomic E-state index is 0.0640. The van der Waals surface area contributed by atoms with Crippen molar-refractivity contribution in [1.29, 1.82) is 0 Å². The van der Waals surface area contributed by atoms with E-state index in [1.807, 2.05) is 0 Å². The SMILES string of the molecule is CN=C(N)NCCCN(CCCCN(CCCNC(=O)OC1CCC2(C)C(=CCC3C2CCC2(C)C(C(C)CCCC(C)C)CCC32)C1)CCCNC(=O)OC1CCC2(C)C(=CCC3C2CCC2(C)C(C(C)CCCC(C)C)CCC32)C1)CCCN=C(N)N. The number of nitrogens with one attached hydrogen (secondary N) is 3. The fourth-order valence-electron chi connectivity index (χ4n) is 21.3. The Kier molecular flexibility index (Phi) is 26.5. The van der Waals surface area contributed by atoms with Gasteiger partial charge < -0.3 is 52.4 Å². The van der Waals surface area contributed by atoms with Crippen LogP contribution in [0.3, 0.4) is 0 Å². The van der Waals surface area contributed by atoms with Crippen LogP contribution in [-0.4, -0.2) is 119 Å². The van der Waals surface area contributed by atoms with Crippen molar-refractivity contribution >= 4 is 24.1 Å². The lowest BCUT2D eigenvalue weighted by atomic mass is 9.47. The molecule has 2 amide bonds. The quantitative estimate of drug-likeness (QED) is 0.0159. The Hall–Kier alpha value is -3.52. The van der Waals surface area contributed by atoms with E-state index in [0.717, 1.165) is 194 Å². The second-order valence-corrected chi connectivity index (χ2v) is 32.6. The highest BCUT2D eigenvalue weighted by atomic mass is 16.6. The van der Waals surface area contributed by atoms with Gasteiger partial charge in [0, 0.05) is 46.1 Å².